The lowest BCUT2D eigenvalue weighted by Crippen LogP contribution is -2.47. The van der Waals surface area contributed by atoms with Crippen LogP contribution in [0.2, 0.25) is 0 Å². The summed E-state index contributed by atoms with van der Waals surface area (Å²) in [6, 6.07) is 12.2. The maximum atomic E-state index is 13.3. The molecule has 1 spiro atoms. The molecule has 0 atom stereocenters. The highest BCUT2D eigenvalue weighted by molar-refractivity contribution is 7.98. The number of alkyl halides is 3. The summed E-state index contributed by atoms with van der Waals surface area (Å²) in [6.07, 6.45) is -0.322. The molecule has 1 amide bonds. The molecule has 4 rings (SSSR count). The van der Waals surface area contributed by atoms with Gasteiger partial charge in [0, 0.05) is 39.1 Å². The monoisotopic (exact) mass is 533 g/mol. The summed E-state index contributed by atoms with van der Waals surface area (Å²) >= 11 is 1.61. The molecule has 2 aliphatic heterocycles. The standard InChI is InChI=1S/C27H30F3N3O3S/c1-37-19-33-18-26(36-25(33)34)8-11-32(12-9-26)10-3-13-35-17-22-6-7-23(27(28,29)30)15-24(22)21-5-2-4-20(14-21)16-31/h2,4-7,14-15H,3,8-13,17-19H2,1H3. The van der Waals surface area contributed by atoms with Crippen molar-refractivity contribution < 1.29 is 27.4 Å². The number of likely N-dealkylation sites (tertiary alicyclic amines) is 1. The average molecular weight is 534 g/mol. The summed E-state index contributed by atoms with van der Waals surface area (Å²) in [5.74, 6) is 0.645. The topological polar surface area (TPSA) is 65.8 Å². The Morgan fingerprint density at radius 1 is 1.19 bits per heavy atom. The fourth-order valence-electron chi connectivity index (χ4n) is 4.87. The SMILES string of the molecule is CSCN1CC2(CCN(CCCOCc3ccc(C(F)(F)F)cc3-c3cccc(C#N)c3)CC2)OC1=O. The first kappa shape index (κ1) is 27.3. The Labute approximate surface area is 219 Å². The van der Waals surface area contributed by atoms with E-state index < -0.39 is 11.7 Å². The Balaban J connectivity index is 1.29. The van der Waals surface area contributed by atoms with Crippen LogP contribution < -0.4 is 0 Å². The number of hydrogen-bond donors (Lipinski definition) is 0. The first-order valence-electron chi connectivity index (χ1n) is 12.2. The molecular formula is C27H30F3N3O3S. The van der Waals surface area contributed by atoms with E-state index in [-0.39, 0.29) is 18.3 Å². The van der Waals surface area contributed by atoms with Gasteiger partial charge in [0.15, 0.2) is 0 Å². The first-order valence-corrected chi connectivity index (χ1v) is 13.6. The minimum atomic E-state index is -4.46. The third-order valence-corrected chi connectivity index (χ3v) is 7.42. The Hall–Kier alpha value is -2.74. The number of piperidine rings is 1. The van der Waals surface area contributed by atoms with Gasteiger partial charge in [-0.1, -0.05) is 18.2 Å². The summed E-state index contributed by atoms with van der Waals surface area (Å²) in [4.78, 5) is 16.2. The molecule has 2 aromatic rings. The van der Waals surface area contributed by atoms with Crippen LogP contribution >= 0.6 is 11.8 Å². The number of rotatable bonds is 9. The van der Waals surface area contributed by atoms with Gasteiger partial charge in [0.1, 0.15) is 5.60 Å². The molecule has 0 unspecified atom stereocenters. The van der Waals surface area contributed by atoms with Crippen LogP contribution in [-0.2, 0) is 22.3 Å². The summed E-state index contributed by atoms with van der Waals surface area (Å²) in [7, 11) is 0. The van der Waals surface area contributed by atoms with E-state index in [1.54, 1.807) is 40.9 Å². The number of benzene rings is 2. The molecule has 2 fully saturated rings. The fraction of sp³-hybridized carbons (Fsp3) is 0.481. The minimum Gasteiger partial charge on any atom is -0.441 e. The molecule has 6 nitrogen and oxygen atoms in total. The second kappa shape index (κ2) is 11.8. The molecule has 2 saturated heterocycles. The van der Waals surface area contributed by atoms with Crippen molar-refractivity contribution in [2.75, 3.05) is 44.9 Å². The van der Waals surface area contributed by atoms with Gasteiger partial charge in [-0.15, -0.1) is 11.8 Å². The van der Waals surface area contributed by atoms with Gasteiger partial charge in [-0.25, -0.2) is 4.79 Å². The van der Waals surface area contributed by atoms with E-state index in [1.165, 1.54) is 6.07 Å². The zero-order chi connectivity index (χ0) is 26.5. The smallest absolute Gasteiger partial charge is 0.416 e. The second-order valence-corrected chi connectivity index (χ2v) is 10.3. The molecule has 2 aromatic carbocycles. The molecular weight excluding hydrogens is 503 g/mol. The fourth-order valence-corrected chi connectivity index (χ4v) is 5.38. The lowest BCUT2D eigenvalue weighted by atomic mass is 9.91. The van der Waals surface area contributed by atoms with E-state index in [0.29, 0.717) is 41.3 Å². The molecule has 198 valence electrons. The third-order valence-electron chi connectivity index (χ3n) is 6.85. The third kappa shape index (κ3) is 6.78. The predicted octanol–water partition coefficient (Wildman–Crippen LogP) is 5.76. The number of ether oxygens (including phenoxy) is 2. The van der Waals surface area contributed by atoms with Crippen molar-refractivity contribution in [1.29, 1.82) is 5.26 Å². The average Bonchev–Trinajstić information content (AvgIpc) is 3.19. The van der Waals surface area contributed by atoms with Gasteiger partial charge in [-0.2, -0.15) is 18.4 Å². The van der Waals surface area contributed by atoms with E-state index in [9.17, 15) is 23.2 Å². The second-order valence-electron chi connectivity index (χ2n) is 9.48. The molecule has 0 radical (unpaired) electrons. The molecule has 37 heavy (non-hydrogen) atoms. The van der Waals surface area contributed by atoms with Crippen LogP contribution in [0, 0.1) is 11.3 Å². The maximum absolute atomic E-state index is 13.3. The van der Waals surface area contributed by atoms with Crippen molar-refractivity contribution in [3.8, 4) is 17.2 Å². The quantitative estimate of drug-likeness (QED) is 0.382. The predicted molar refractivity (Wildman–Crippen MR) is 136 cm³/mol. The Morgan fingerprint density at radius 3 is 2.68 bits per heavy atom. The van der Waals surface area contributed by atoms with Crippen molar-refractivity contribution in [1.82, 2.24) is 9.80 Å². The Bertz CT molecular complexity index is 1140. The molecule has 0 aliphatic carbocycles. The highest BCUT2D eigenvalue weighted by Gasteiger charge is 2.46. The van der Waals surface area contributed by atoms with Crippen molar-refractivity contribution in [2.24, 2.45) is 0 Å². The van der Waals surface area contributed by atoms with Crippen LogP contribution in [0.25, 0.3) is 11.1 Å². The molecule has 0 N–H and O–H groups in total. The van der Waals surface area contributed by atoms with E-state index in [0.717, 1.165) is 51.0 Å². The molecule has 0 aromatic heterocycles. The summed E-state index contributed by atoms with van der Waals surface area (Å²) in [5, 5.41) is 9.19. The summed E-state index contributed by atoms with van der Waals surface area (Å²) in [6.45, 7) is 3.82. The maximum Gasteiger partial charge on any atom is 0.416 e. The van der Waals surface area contributed by atoms with Crippen LogP contribution in [-0.4, -0.2) is 66.4 Å². The Kier molecular flexibility index (Phi) is 8.67. The van der Waals surface area contributed by atoms with Crippen LogP contribution in [0.15, 0.2) is 42.5 Å². The molecule has 0 bridgehead atoms. The van der Waals surface area contributed by atoms with E-state index in [2.05, 4.69) is 4.90 Å². The van der Waals surface area contributed by atoms with E-state index in [1.807, 2.05) is 12.3 Å². The van der Waals surface area contributed by atoms with Crippen molar-refractivity contribution >= 4 is 17.9 Å². The van der Waals surface area contributed by atoms with Crippen molar-refractivity contribution in [3.05, 3.63) is 59.2 Å². The molecule has 10 heteroatoms. The van der Waals surface area contributed by atoms with Crippen LogP contribution in [0.3, 0.4) is 0 Å². The Morgan fingerprint density at radius 2 is 1.97 bits per heavy atom. The number of nitriles is 1. The number of thioether (sulfide) groups is 1. The largest absolute Gasteiger partial charge is 0.441 e. The number of hydrogen-bond acceptors (Lipinski definition) is 6. The van der Waals surface area contributed by atoms with E-state index >= 15 is 0 Å². The first-order chi connectivity index (χ1) is 17.7. The highest BCUT2D eigenvalue weighted by Crippen LogP contribution is 2.35. The van der Waals surface area contributed by atoms with Gasteiger partial charge in [0.05, 0.1) is 36.2 Å². The number of amides is 1. The zero-order valence-electron chi connectivity index (χ0n) is 20.7. The molecule has 2 aliphatic rings. The normalized spacial score (nSPS) is 17.7. The van der Waals surface area contributed by atoms with Gasteiger partial charge in [-0.05, 0) is 53.6 Å². The zero-order valence-corrected chi connectivity index (χ0v) is 21.5. The number of nitrogens with zero attached hydrogens (tertiary/aromatic N) is 3. The van der Waals surface area contributed by atoms with Crippen molar-refractivity contribution in [2.45, 2.75) is 37.6 Å². The van der Waals surface area contributed by atoms with E-state index in [4.69, 9.17) is 9.47 Å². The van der Waals surface area contributed by atoms with Gasteiger partial charge in [0.2, 0.25) is 0 Å². The van der Waals surface area contributed by atoms with Gasteiger partial charge < -0.3 is 14.4 Å². The van der Waals surface area contributed by atoms with Crippen LogP contribution in [0.1, 0.15) is 36.0 Å². The number of halogens is 3. The minimum absolute atomic E-state index is 0.175. The molecule has 2 heterocycles. The van der Waals surface area contributed by atoms with Gasteiger partial charge >= 0.3 is 12.3 Å². The van der Waals surface area contributed by atoms with Gasteiger partial charge in [0.25, 0.3) is 0 Å². The lowest BCUT2D eigenvalue weighted by Gasteiger charge is -2.37. The number of carbonyl (C=O) groups excluding carboxylic acids is 1. The van der Waals surface area contributed by atoms with Gasteiger partial charge in [-0.3, -0.25) is 4.90 Å². The van der Waals surface area contributed by atoms with Crippen molar-refractivity contribution in [3.63, 3.8) is 0 Å². The lowest BCUT2D eigenvalue weighted by molar-refractivity contribution is -0.137. The number of carbonyl (C=O) groups is 1. The highest BCUT2D eigenvalue weighted by atomic mass is 32.2. The summed E-state index contributed by atoms with van der Waals surface area (Å²) < 4.78 is 51.6. The summed E-state index contributed by atoms with van der Waals surface area (Å²) in [5.41, 5.74) is 0.877. The van der Waals surface area contributed by atoms with Crippen LogP contribution in [0.4, 0.5) is 18.0 Å². The molecule has 0 saturated carbocycles. The van der Waals surface area contributed by atoms with Crippen LogP contribution in [0.5, 0.6) is 0 Å².